The van der Waals surface area contributed by atoms with E-state index in [2.05, 4.69) is 34.6 Å². The monoisotopic (exact) mass is 250 g/mol. The molecule has 0 aromatic heterocycles. The highest BCUT2D eigenvalue weighted by molar-refractivity contribution is 5.18. The first-order valence-electron chi connectivity index (χ1n) is 6.78. The Morgan fingerprint density at radius 1 is 1.17 bits per heavy atom. The van der Waals surface area contributed by atoms with Crippen LogP contribution in [-0.4, -0.2) is 16.8 Å². The second-order valence-electron chi connectivity index (χ2n) is 5.80. The van der Waals surface area contributed by atoms with Crippen LogP contribution in [0, 0.1) is 5.92 Å². The molecule has 0 aliphatic rings. The van der Waals surface area contributed by atoms with Crippen molar-refractivity contribution in [2.75, 3.05) is 0 Å². The molecule has 2 unspecified atom stereocenters. The molecule has 0 radical (unpaired) electrons. The smallest absolute Gasteiger partial charge is 0.105 e. The predicted molar refractivity (Wildman–Crippen MR) is 75.5 cm³/mol. The number of hydrogen-bond donors (Lipinski definition) is 1. The average Bonchev–Trinajstić information content (AvgIpc) is 2.36. The summed E-state index contributed by atoms with van der Waals surface area (Å²) in [5, 5.41) is 10.5. The van der Waals surface area contributed by atoms with Gasteiger partial charge >= 0.3 is 0 Å². The van der Waals surface area contributed by atoms with E-state index < -0.39 is 6.10 Å². The molecule has 0 heterocycles. The van der Waals surface area contributed by atoms with Crippen LogP contribution in [0.25, 0.3) is 0 Å². The van der Waals surface area contributed by atoms with E-state index in [4.69, 9.17) is 4.74 Å². The summed E-state index contributed by atoms with van der Waals surface area (Å²) in [6, 6.07) is 9.74. The molecule has 0 fully saturated rings. The molecule has 0 aliphatic heterocycles. The normalized spacial score (nSPS) is 15.7. The summed E-state index contributed by atoms with van der Waals surface area (Å²) in [7, 11) is 0. The third-order valence-corrected chi connectivity index (χ3v) is 3.42. The van der Waals surface area contributed by atoms with Crippen molar-refractivity contribution >= 4 is 0 Å². The Morgan fingerprint density at radius 2 is 1.72 bits per heavy atom. The van der Waals surface area contributed by atoms with Crippen molar-refractivity contribution in [3.63, 3.8) is 0 Å². The summed E-state index contributed by atoms with van der Waals surface area (Å²) in [6.07, 6.45) is 0.178. The van der Waals surface area contributed by atoms with E-state index >= 15 is 0 Å². The maximum absolute atomic E-state index is 10.5. The van der Waals surface area contributed by atoms with E-state index in [-0.39, 0.29) is 17.6 Å². The minimum Gasteiger partial charge on any atom is -0.386 e. The number of ether oxygens (including phenoxy) is 1. The van der Waals surface area contributed by atoms with E-state index in [9.17, 15) is 5.11 Å². The number of hydrogen-bond acceptors (Lipinski definition) is 2. The maximum Gasteiger partial charge on any atom is 0.105 e. The third kappa shape index (κ3) is 4.11. The van der Waals surface area contributed by atoms with Crippen molar-refractivity contribution in [2.45, 2.75) is 58.8 Å². The van der Waals surface area contributed by atoms with Gasteiger partial charge in [-0.05, 0) is 31.7 Å². The zero-order valence-electron chi connectivity index (χ0n) is 12.2. The summed E-state index contributed by atoms with van der Waals surface area (Å²) in [5.41, 5.74) is 0.716. The van der Waals surface area contributed by atoms with Crippen LogP contribution in [0.3, 0.4) is 0 Å². The van der Waals surface area contributed by atoms with Crippen LogP contribution in [-0.2, 0) is 4.74 Å². The largest absolute Gasteiger partial charge is 0.386 e. The molecule has 1 aromatic carbocycles. The first-order chi connectivity index (χ1) is 8.37. The fraction of sp³-hybridized carbons (Fsp3) is 0.625. The van der Waals surface area contributed by atoms with Gasteiger partial charge in [-0.15, -0.1) is 0 Å². The SMILES string of the molecule is CCC(C)(C)OC(C(C)C)C(O)c1ccccc1. The van der Waals surface area contributed by atoms with Gasteiger partial charge in [0.1, 0.15) is 6.10 Å². The lowest BCUT2D eigenvalue weighted by molar-refractivity contribution is -0.139. The van der Waals surface area contributed by atoms with Gasteiger partial charge in [-0.25, -0.2) is 0 Å². The van der Waals surface area contributed by atoms with Gasteiger partial charge in [0.2, 0.25) is 0 Å². The van der Waals surface area contributed by atoms with E-state index in [0.717, 1.165) is 12.0 Å². The standard InChI is InChI=1S/C16H26O2/c1-6-16(4,5)18-15(12(2)3)14(17)13-10-8-7-9-11-13/h7-12,14-15,17H,6H2,1-5H3. The Labute approximate surface area is 111 Å². The van der Waals surface area contributed by atoms with Crippen molar-refractivity contribution in [3.8, 4) is 0 Å². The number of aliphatic hydroxyl groups excluding tert-OH is 1. The van der Waals surface area contributed by atoms with E-state index in [1.165, 1.54) is 0 Å². The van der Waals surface area contributed by atoms with Gasteiger partial charge in [0.05, 0.1) is 11.7 Å². The highest BCUT2D eigenvalue weighted by atomic mass is 16.5. The van der Waals surface area contributed by atoms with E-state index in [0.29, 0.717) is 0 Å². The molecule has 2 nitrogen and oxygen atoms in total. The molecular formula is C16H26O2. The van der Waals surface area contributed by atoms with Crippen LogP contribution in [0.5, 0.6) is 0 Å². The Kier molecular flexibility index (Phi) is 5.36. The van der Waals surface area contributed by atoms with Gasteiger partial charge in [-0.3, -0.25) is 0 Å². The molecular weight excluding hydrogens is 224 g/mol. The predicted octanol–water partition coefficient (Wildman–Crippen LogP) is 3.95. The molecule has 1 aromatic rings. The highest BCUT2D eigenvalue weighted by Gasteiger charge is 2.30. The summed E-state index contributed by atoms with van der Waals surface area (Å²) >= 11 is 0. The molecule has 0 saturated heterocycles. The van der Waals surface area contributed by atoms with Crippen molar-refractivity contribution in [1.29, 1.82) is 0 Å². The van der Waals surface area contributed by atoms with Gasteiger partial charge in [0.25, 0.3) is 0 Å². The Balaban J connectivity index is 2.86. The number of benzene rings is 1. The molecule has 0 amide bonds. The average molecular weight is 250 g/mol. The van der Waals surface area contributed by atoms with Crippen LogP contribution in [0.15, 0.2) is 30.3 Å². The van der Waals surface area contributed by atoms with E-state index in [1.54, 1.807) is 0 Å². The molecule has 1 N–H and O–H groups in total. The van der Waals surface area contributed by atoms with Crippen molar-refractivity contribution in [1.82, 2.24) is 0 Å². The quantitative estimate of drug-likeness (QED) is 0.828. The van der Waals surface area contributed by atoms with Gasteiger partial charge in [-0.1, -0.05) is 51.1 Å². The third-order valence-electron chi connectivity index (χ3n) is 3.42. The fourth-order valence-electron chi connectivity index (χ4n) is 1.86. The lowest BCUT2D eigenvalue weighted by Gasteiger charge is -2.35. The van der Waals surface area contributed by atoms with E-state index in [1.807, 2.05) is 30.3 Å². The highest BCUT2D eigenvalue weighted by Crippen LogP contribution is 2.29. The molecule has 2 heteroatoms. The second-order valence-corrected chi connectivity index (χ2v) is 5.80. The van der Waals surface area contributed by atoms with Crippen molar-refractivity contribution < 1.29 is 9.84 Å². The Hall–Kier alpha value is -0.860. The molecule has 0 bridgehead atoms. The summed E-state index contributed by atoms with van der Waals surface area (Å²) in [5.74, 6) is 0.269. The van der Waals surface area contributed by atoms with Gasteiger partial charge in [0.15, 0.2) is 0 Å². The van der Waals surface area contributed by atoms with Crippen LogP contribution in [0.1, 0.15) is 52.7 Å². The topological polar surface area (TPSA) is 29.5 Å². The number of rotatable bonds is 6. The molecule has 0 saturated carbocycles. The summed E-state index contributed by atoms with van der Waals surface area (Å²) in [4.78, 5) is 0. The zero-order valence-corrected chi connectivity index (χ0v) is 12.2. The Bertz CT molecular complexity index is 343. The van der Waals surface area contributed by atoms with Crippen LogP contribution >= 0.6 is 0 Å². The molecule has 0 spiro atoms. The van der Waals surface area contributed by atoms with Gasteiger partial charge in [-0.2, -0.15) is 0 Å². The lowest BCUT2D eigenvalue weighted by Crippen LogP contribution is -2.37. The number of aliphatic hydroxyl groups is 1. The minimum absolute atomic E-state index is 0.178. The maximum atomic E-state index is 10.5. The molecule has 1 rings (SSSR count). The molecule has 0 aliphatic carbocycles. The first-order valence-corrected chi connectivity index (χ1v) is 6.78. The first kappa shape index (κ1) is 15.2. The summed E-state index contributed by atoms with van der Waals surface area (Å²) < 4.78 is 6.11. The lowest BCUT2D eigenvalue weighted by atomic mass is 9.94. The second kappa shape index (κ2) is 6.35. The molecule has 2 atom stereocenters. The van der Waals surface area contributed by atoms with Crippen LogP contribution < -0.4 is 0 Å². The van der Waals surface area contributed by atoms with Crippen LogP contribution in [0.2, 0.25) is 0 Å². The fourth-order valence-corrected chi connectivity index (χ4v) is 1.86. The molecule has 18 heavy (non-hydrogen) atoms. The minimum atomic E-state index is -0.572. The zero-order chi connectivity index (χ0) is 13.8. The van der Waals surface area contributed by atoms with Crippen LogP contribution in [0.4, 0.5) is 0 Å². The summed E-state index contributed by atoms with van der Waals surface area (Å²) in [6.45, 7) is 10.4. The van der Waals surface area contributed by atoms with Crippen molar-refractivity contribution in [2.24, 2.45) is 5.92 Å². The van der Waals surface area contributed by atoms with Crippen molar-refractivity contribution in [3.05, 3.63) is 35.9 Å². The van der Waals surface area contributed by atoms with Gasteiger partial charge in [0, 0.05) is 0 Å². The molecule has 102 valence electrons. The van der Waals surface area contributed by atoms with Gasteiger partial charge < -0.3 is 9.84 Å². The Morgan fingerprint density at radius 3 is 2.17 bits per heavy atom.